The van der Waals surface area contributed by atoms with Gasteiger partial charge in [0.15, 0.2) is 19.7 Å². The zero-order valence-electron chi connectivity index (χ0n) is 29.1. The number of aliphatic hydroxyl groups is 1. The molecule has 1 heterocycles. The number of carbonyl (C=O) groups is 2. The van der Waals surface area contributed by atoms with E-state index in [-0.39, 0.29) is 40.3 Å². The van der Waals surface area contributed by atoms with Gasteiger partial charge in [-0.2, -0.15) is 0 Å². The lowest BCUT2D eigenvalue weighted by molar-refractivity contribution is -0.140. The van der Waals surface area contributed by atoms with Gasteiger partial charge in [-0.15, -0.1) is 0 Å². The topological polar surface area (TPSA) is 111 Å². The van der Waals surface area contributed by atoms with Crippen molar-refractivity contribution in [3.05, 3.63) is 81.1 Å². The lowest BCUT2D eigenvalue weighted by Gasteiger charge is -2.55. The summed E-state index contributed by atoms with van der Waals surface area (Å²) in [5.74, 6) is -0.985. The Balaban J connectivity index is 1.59. The van der Waals surface area contributed by atoms with Crippen molar-refractivity contribution in [1.82, 2.24) is 10.1 Å². The molecule has 10 heteroatoms. The normalized spacial score (nSPS) is 24.1. The van der Waals surface area contributed by atoms with E-state index in [4.69, 9.17) is 18.4 Å². The van der Waals surface area contributed by atoms with Crippen LogP contribution in [-0.2, 0) is 22.2 Å². The van der Waals surface area contributed by atoms with E-state index in [1.807, 2.05) is 69.2 Å². The number of aliphatic hydroxyl groups excluding tert-OH is 1. The Hall–Kier alpha value is -3.73. The van der Waals surface area contributed by atoms with Gasteiger partial charge in [-0.3, -0.25) is 14.5 Å². The summed E-state index contributed by atoms with van der Waals surface area (Å²) in [6, 6.07) is 11.0. The van der Waals surface area contributed by atoms with Crippen molar-refractivity contribution in [2.45, 2.75) is 83.8 Å². The molecule has 0 radical (unpaired) electrons. The fourth-order valence-corrected chi connectivity index (χ4v) is 8.94. The highest BCUT2D eigenvalue weighted by Gasteiger charge is 2.68. The Labute approximate surface area is 278 Å². The number of fused-ring (bicyclic) bond motifs is 4. The number of aryl methyl sites for hydroxylation is 1. The number of Topliss-reactive ketones (excluding diaryl/α,β-unsaturated/α-hetero) is 2. The highest BCUT2D eigenvalue weighted by molar-refractivity contribution is 6.74. The van der Waals surface area contributed by atoms with E-state index in [1.165, 1.54) is 0 Å². The standard InChI is InChI=1S/C37H46N2O7Si/c1-20-16-26(43-8)24-17-23-18-25-30(39(6)7)32-29(35(38-45-32)44-19-22-14-12-11-13-15-22)34(42)37(25,46-47(9,10)36(3,4)5)33(41)28(23)31(40)27(24)21(20)2/h11-16,23,25,30,40H,17-19H2,1-10H3/t23-,25-,30-,37-/m0/s1. The van der Waals surface area contributed by atoms with Crippen molar-refractivity contribution >= 4 is 25.6 Å². The molecule has 1 N–H and O–H groups in total. The van der Waals surface area contributed by atoms with Crippen molar-refractivity contribution in [3.8, 4) is 11.6 Å². The highest BCUT2D eigenvalue weighted by atomic mass is 28.4. The maximum Gasteiger partial charge on any atom is 0.265 e. The lowest BCUT2D eigenvalue weighted by Crippen LogP contribution is -2.68. The summed E-state index contributed by atoms with van der Waals surface area (Å²) in [6.45, 7) is 14.4. The van der Waals surface area contributed by atoms with Crippen LogP contribution in [0.1, 0.15) is 77.2 Å². The van der Waals surface area contributed by atoms with Gasteiger partial charge in [-0.05, 0) is 92.7 Å². The number of hydrogen-bond acceptors (Lipinski definition) is 9. The number of ether oxygens (including phenoxy) is 2. The maximum absolute atomic E-state index is 15.4. The van der Waals surface area contributed by atoms with Crippen LogP contribution in [0.15, 0.2) is 46.5 Å². The summed E-state index contributed by atoms with van der Waals surface area (Å²) in [5, 5.41) is 16.0. The first kappa shape index (κ1) is 33.2. The summed E-state index contributed by atoms with van der Waals surface area (Å²) in [5.41, 5.74) is 2.65. The summed E-state index contributed by atoms with van der Waals surface area (Å²) < 4.78 is 25.1. The van der Waals surface area contributed by atoms with Crippen LogP contribution < -0.4 is 9.47 Å². The van der Waals surface area contributed by atoms with Crippen LogP contribution in [0.3, 0.4) is 0 Å². The van der Waals surface area contributed by atoms with Gasteiger partial charge >= 0.3 is 0 Å². The van der Waals surface area contributed by atoms with Gasteiger partial charge in [-0.1, -0.05) is 51.1 Å². The SMILES string of the molecule is COc1cc(C)c(C)c2c1C[C@H]1C[C@H]3[C@H](N(C)C)c4onc(OCc5ccccc5)c4C(=O)[C@@]3(O[Si](C)(C)C(C)(C)C)C(=O)C1=C2O. The summed E-state index contributed by atoms with van der Waals surface area (Å²) >= 11 is 0. The molecule has 9 nitrogen and oxygen atoms in total. The third-order valence-corrected chi connectivity index (χ3v) is 15.5. The van der Waals surface area contributed by atoms with E-state index >= 15 is 9.59 Å². The van der Waals surface area contributed by atoms with Gasteiger partial charge in [0, 0.05) is 22.6 Å². The first-order chi connectivity index (χ1) is 22.0. The molecule has 0 unspecified atom stereocenters. The minimum Gasteiger partial charge on any atom is -0.507 e. The van der Waals surface area contributed by atoms with Crippen LogP contribution in [-0.4, -0.2) is 61.9 Å². The fourth-order valence-electron chi connectivity index (χ4n) is 7.49. The first-order valence-corrected chi connectivity index (χ1v) is 19.2. The van der Waals surface area contributed by atoms with Crippen LogP contribution in [0.5, 0.6) is 11.6 Å². The molecule has 0 aliphatic heterocycles. The molecule has 250 valence electrons. The van der Waals surface area contributed by atoms with Crippen molar-refractivity contribution in [1.29, 1.82) is 0 Å². The molecule has 3 aliphatic rings. The Morgan fingerprint density at radius 2 is 1.77 bits per heavy atom. The largest absolute Gasteiger partial charge is 0.507 e. The second-order valence-corrected chi connectivity index (χ2v) is 19.8. The molecule has 47 heavy (non-hydrogen) atoms. The molecule has 0 bridgehead atoms. The second-order valence-electron chi connectivity index (χ2n) is 15.0. The lowest BCUT2D eigenvalue weighted by atomic mass is 9.57. The monoisotopic (exact) mass is 658 g/mol. The molecule has 1 fully saturated rings. The number of hydrogen-bond donors (Lipinski definition) is 1. The Bertz CT molecular complexity index is 1790. The molecule has 0 saturated heterocycles. The number of methoxy groups -OCH3 is 1. The van der Waals surface area contributed by atoms with E-state index in [9.17, 15) is 5.11 Å². The zero-order chi connectivity index (χ0) is 34.2. The summed E-state index contributed by atoms with van der Waals surface area (Å²) in [4.78, 5) is 32.6. The Kier molecular flexibility index (Phi) is 8.09. The van der Waals surface area contributed by atoms with Crippen molar-refractivity contribution < 1.29 is 33.1 Å². The number of ketones is 2. The van der Waals surface area contributed by atoms with Crippen molar-refractivity contribution in [2.75, 3.05) is 21.2 Å². The van der Waals surface area contributed by atoms with Crippen LogP contribution in [0.25, 0.3) is 5.76 Å². The number of benzene rings is 2. The van der Waals surface area contributed by atoms with E-state index < -0.39 is 37.4 Å². The third-order valence-electron chi connectivity index (χ3n) is 11.0. The molecule has 2 aromatic carbocycles. The quantitative estimate of drug-likeness (QED) is 0.209. The van der Waals surface area contributed by atoms with Gasteiger partial charge in [0.1, 0.15) is 23.7 Å². The second kappa shape index (κ2) is 11.5. The van der Waals surface area contributed by atoms with Gasteiger partial charge in [0.05, 0.1) is 13.2 Å². The minimum atomic E-state index is -2.81. The summed E-state index contributed by atoms with van der Waals surface area (Å²) in [6.07, 6.45) is 0.894. The van der Waals surface area contributed by atoms with E-state index in [0.717, 1.165) is 22.3 Å². The molecule has 1 saturated carbocycles. The molecule has 0 spiro atoms. The molecule has 0 amide bonds. The number of rotatable bonds is 7. The van der Waals surface area contributed by atoms with Gasteiger partial charge in [-0.25, -0.2) is 0 Å². The zero-order valence-corrected chi connectivity index (χ0v) is 30.1. The average molecular weight is 659 g/mol. The number of nitrogens with zero attached hydrogens (tertiary/aromatic N) is 2. The van der Waals surface area contributed by atoms with Gasteiger partial charge in [0.25, 0.3) is 5.88 Å². The molecule has 3 aromatic rings. The van der Waals surface area contributed by atoms with E-state index in [1.54, 1.807) is 7.11 Å². The molecular formula is C37H46N2O7Si. The van der Waals surface area contributed by atoms with Crippen molar-refractivity contribution in [2.24, 2.45) is 11.8 Å². The Morgan fingerprint density at radius 1 is 1.09 bits per heavy atom. The average Bonchev–Trinajstić information content (AvgIpc) is 3.42. The van der Waals surface area contributed by atoms with E-state index in [2.05, 4.69) is 39.0 Å². The van der Waals surface area contributed by atoms with Crippen LogP contribution in [0, 0.1) is 25.7 Å². The third kappa shape index (κ3) is 4.98. The van der Waals surface area contributed by atoms with Crippen molar-refractivity contribution in [3.63, 3.8) is 0 Å². The number of aromatic nitrogens is 1. The Morgan fingerprint density at radius 3 is 2.38 bits per heavy atom. The first-order valence-electron chi connectivity index (χ1n) is 16.3. The smallest absolute Gasteiger partial charge is 0.265 e. The van der Waals surface area contributed by atoms with Gasteiger partial charge < -0.3 is 23.5 Å². The maximum atomic E-state index is 15.4. The summed E-state index contributed by atoms with van der Waals surface area (Å²) in [7, 11) is 2.63. The fraction of sp³-hybridized carbons (Fsp3) is 0.486. The molecule has 1 aromatic heterocycles. The molecular weight excluding hydrogens is 613 g/mol. The minimum absolute atomic E-state index is 0.0377. The molecule has 3 aliphatic carbocycles. The molecule has 4 atom stereocenters. The molecule has 6 rings (SSSR count). The van der Waals surface area contributed by atoms with Crippen LogP contribution in [0.4, 0.5) is 0 Å². The van der Waals surface area contributed by atoms with E-state index in [0.29, 0.717) is 29.9 Å². The highest BCUT2D eigenvalue weighted by Crippen LogP contribution is 2.59. The predicted octanol–water partition coefficient (Wildman–Crippen LogP) is 7.17. The van der Waals surface area contributed by atoms with Crippen LogP contribution >= 0.6 is 0 Å². The van der Waals surface area contributed by atoms with Crippen LogP contribution in [0.2, 0.25) is 18.1 Å². The predicted molar refractivity (Wildman–Crippen MR) is 181 cm³/mol. The van der Waals surface area contributed by atoms with Gasteiger partial charge in [0.2, 0.25) is 11.6 Å². The number of carbonyl (C=O) groups excluding carboxylic acids is 2.